The lowest BCUT2D eigenvalue weighted by atomic mass is 10.1. The van der Waals surface area contributed by atoms with E-state index in [9.17, 15) is 9.18 Å². The van der Waals surface area contributed by atoms with E-state index < -0.39 is 5.82 Å². The van der Waals surface area contributed by atoms with Crippen molar-refractivity contribution in [2.45, 2.75) is 18.9 Å². The molecular weight excluding hydrogens is 301 g/mol. The zero-order chi connectivity index (χ0) is 13.1. The Hall–Kier alpha value is -1.10. The van der Waals surface area contributed by atoms with Crippen molar-refractivity contribution in [1.82, 2.24) is 4.90 Å². The largest absolute Gasteiger partial charge is 0.494 e. The molecule has 0 radical (unpaired) electrons. The summed E-state index contributed by atoms with van der Waals surface area (Å²) in [6.45, 7) is 0.739. The molecule has 1 fully saturated rings. The second-order valence-electron chi connectivity index (χ2n) is 4.30. The molecule has 0 bridgehead atoms. The van der Waals surface area contributed by atoms with Crippen LogP contribution in [0.1, 0.15) is 23.2 Å². The second-order valence-corrected chi connectivity index (χ2v) is 4.95. The maximum atomic E-state index is 13.6. The van der Waals surface area contributed by atoms with Gasteiger partial charge in [0.2, 0.25) is 0 Å². The average Bonchev–Trinajstić information content (AvgIpc) is 2.86. The van der Waals surface area contributed by atoms with E-state index in [1.807, 2.05) is 0 Å². The fourth-order valence-corrected chi connectivity index (χ4v) is 2.90. The first-order valence-corrected chi connectivity index (χ1v) is 7.00. The van der Waals surface area contributed by atoms with E-state index >= 15 is 0 Å². The Bertz CT molecular complexity index is 453. The van der Waals surface area contributed by atoms with Crippen LogP contribution in [0, 0.1) is 5.82 Å². The number of hydrogen-bond acceptors (Lipinski definition) is 2. The molecule has 1 aromatic rings. The van der Waals surface area contributed by atoms with E-state index in [0.717, 1.165) is 24.7 Å². The zero-order valence-electron chi connectivity index (χ0n) is 10.2. The van der Waals surface area contributed by atoms with Crippen LogP contribution in [0.4, 0.5) is 4.39 Å². The van der Waals surface area contributed by atoms with Gasteiger partial charge >= 0.3 is 0 Å². The molecule has 1 atom stereocenters. The number of carbonyl (C=O) groups is 1. The van der Waals surface area contributed by atoms with Gasteiger partial charge in [0.25, 0.3) is 5.91 Å². The Kier molecular flexibility index (Phi) is 4.22. The Morgan fingerprint density at radius 2 is 2.39 bits per heavy atom. The lowest BCUT2D eigenvalue weighted by Crippen LogP contribution is -2.36. The van der Waals surface area contributed by atoms with Gasteiger partial charge in [-0.2, -0.15) is 0 Å². The average molecular weight is 316 g/mol. The highest BCUT2D eigenvalue weighted by molar-refractivity contribution is 9.09. The summed E-state index contributed by atoms with van der Waals surface area (Å²) in [7, 11) is 1.40. The normalized spacial score (nSPS) is 19.1. The van der Waals surface area contributed by atoms with Crippen LogP contribution >= 0.6 is 15.9 Å². The Morgan fingerprint density at radius 1 is 1.61 bits per heavy atom. The first kappa shape index (κ1) is 13.3. The van der Waals surface area contributed by atoms with Crippen LogP contribution in [-0.2, 0) is 0 Å². The predicted octanol–water partition coefficient (Wildman–Crippen LogP) is 2.83. The van der Waals surface area contributed by atoms with E-state index in [0.29, 0.717) is 5.56 Å². The van der Waals surface area contributed by atoms with Gasteiger partial charge in [-0.1, -0.05) is 15.9 Å². The standard InChI is InChI=1S/C13H15BrFNO2/c1-18-12-5-4-9(7-11(12)15)13(17)16-6-2-3-10(16)8-14/h4-5,7,10H,2-3,6,8H2,1H3. The molecule has 3 nitrogen and oxygen atoms in total. The van der Waals surface area contributed by atoms with Crippen LogP contribution in [0.2, 0.25) is 0 Å². The number of carbonyl (C=O) groups excluding carboxylic acids is 1. The summed E-state index contributed by atoms with van der Waals surface area (Å²) in [5.74, 6) is -0.457. The van der Waals surface area contributed by atoms with Crippen LogP contribution in [0.3, 0.4) is 0 Å². The zero-order valence-corrected chi connectivity index (χ0v) is 11.7. The molecular formula is C13H15BrFNO2. The fraction of sp³-hybridized carbons (Fsp3) is 0.462. The third kappa shape index (κ3) is 2.51. The van der Waals surface area contributed by atoms with Crippen LogP contribution < -0.4 is 4.74 Å². The number of hydrogen-bond donors (Lipinski definition) is 0. The predicted molar refractivity (Wildman–Crippen MR) is 70.8 cm³/mol. The molecule has 0 N–H and O–H groups in total. The number of methoxy groups -OCH3 is 1. The van der Waals surface area contributed by atoms with Crippen molar-refractivity contribution < 1.29 is 13.9 Å². The van der Waals surface area contributed by atoms with E-state index in [1.165, 1.54) is 19.2 Å². The number of rotatable bonds is 3. The number of halogens is 2. The number of ether oxygens (including phenoxy) is 1. The van der Waals surface area contributed by atoms with Gasteiger partial charge in [-0.3, -0.25) is 4.79 Å². The van der Waals surface area contributed by atoms with Crippen molar-refractivity contribution in [3.63, 3.8) is 0 Å². The maximum Gasteiger partial charge on any atom is 0.254 e. The van der Waals surface area contributed by atoms with Crippen LogP contribution in [0.25, 0.3) is 0 Å². The molecule has 0 spiro atoms. The van der Waals surface area contributed by atoms with Gasteiger partial charge in [0.1, 0.15) is 0 Å². The lowest BCUT2D eigenvalue weighted by Gasteiger charge is -2.23. The minimum Gasteiger partial charge on any atom is -0.494 e. The van der Waals surface area contributed by atoms with Crippen molar-refractivity contribution in [2.24, 2.45) is 0 Å². The van der Waals surface area contributed by atoms with Crippen LogP contribution in [-0.4, -0.2) is 35.8 Å². The minimum atomic E-state index is -0.502. The summed E-state index contributed by atoms with van der Waals surface area (Å²) in [6, 6.07) is 4.54. The number of likely N-dealkylation sites (tertiary alicyclic amines) is 1. The van der Waals surface area contributed by atoms with Gasteiger partial charge < -0.3 is 9.64 Å². The third-order valence-corrected chi connectivity index (χ3v) is 3.96. The third-order valence-electron chi connectivity index (χ3n) is 3.21. The quantitative estimate of drug-likeness (QED) is 0.803. The van der Waals surface area contributed by atoms with Gasteiger partial charge in [-0.25, -0.2) is 4.39 Å². The smallest absolute Gasteiger partial charge is 0.254 e. The number of benzene rings is 1. The van der Waals surface area contributed by atoms with Crippen molar-refractivity contribution in [1.29, 1.82) is 0 Å². The number of amides is 1. The van der Waals surface area contributed by atoms with E-state index in [-0.39, 0.29) is 17.7 Å². The molecule has 98 valence electrons. The molecule has 18 heavy (non-hydrogen) atoms. The van der Waals surface area contributed by atoms with E-state index in [1.54, 1.807) is 11.0 Å². The monoisotopic (exact) mass is 315 g/mol. The molecule has 1 unspecified atom stereocenters. The Balaban J connectivity index is 2.21. The van der Waals surface area contributed by atoms with E-state index in [4.69, 9.17) is 4.74 Å². The van der Waals surface area contributed by atoms with Crippen molar-refractivity contribution in [3.8, 4) is 5.75 Å². The maximum absolute atomic E-state index is 13.6. The lowest BCUT2D eigenvalue weighted by molar-refractivity contribution is 0.0750. The summed E-state index contributed by atoms with van der Waals surface area (Å²) in [5.41, 5.74) is 0.376. The molecule has 2 rings (SSSR count). The van der Waals surface area contributed by atoms with Crippen molar-refractivity contribution in [3.05, 3.63) is 29.6 Å². The highest BCUT2D eigenvalue weighted by atomic mass is 79.9. The summed E-state index contributed by atoms with van der Waals surface area (Å²) >= 11 is 3.41. The summed E-state index contributed by atoms with van der Waals surface area (Å²) < 4.78 is 18.4. The molecule has 1 aliphatic heterocycles. The van der Waals surface area contributed by atoms with Gasteiger partial charge in [0.05, 0.1) is 7.11 Å². The summed E-state index contributed by atoms with van der Waals surface area (Å²) in [5, 5.41) is 0.761. The summed E-state index contributed by atoms with van der Waals surface area (Å²) in [6.07, 6.45) is 2.00. The fourth-order valence-electron chi connectivity index (χ4n) is 2.23. The molecule has 5 heteroatoms. The van der Waals surface area contributed by atoms with E-state index in [2.05, 4.69) is 15.9 Å². The van der Waals surface area contributed by atoms with Gasteiger partial charge in [-0.05, 0) is 31.0 Å². The van der Waals surface area contributed by atoms with Crippen LogP contribution in [0.15, 0.2) is 18.2 Å². The minimum absolute atomic E-state index is 0.112. The van der Waals surface area contributed by atoms with Gasteiger partial charge in [0, 0.05) is 23.5 Å². The molecule has 0 saturated carbocycles. The SMILES string of the molecule is COc1ccc(C(=O)N2CCCC2CBr)cc1F. The highest BCUT2D eigenvalue weighted by Crippen LogP contribution is 2.24. The molecule has 0 aliphatic carbocycles. The Labute approximate surface area is 114 Å². The highest BCUT2D eigenvalue weighted by Gasteiger charge is 2.28. The molecule has 1 saturated heterocycles. The van der Waals surface area contributed by atoms with Crippen molar-refractivity contribution in [2.75, 3.05) is 19.0 Å². The van der Waals surface area contributed by atoms with Gasteiger partial charge in [0.15, 0.2) is 11.6 Å². The van der Waals surface area contributed by atoms with Gasteiger partial charge in [-0.15, -0.1) is 0 Å². The molecule has 0 aromatic heterocycles. The topological polar surface area (TPSA) is 29.5 Å². The first-order valence-electron chi connectivity index (χ1n) is 5.88. The Morgan fingerprint density at radius 3 is 3.00 bits per heavy atom. The number of alkyl halides is 1. The summed E-state index contributed by atoms with van der Waals surface area (Å²) in [4.78, 5) is 14.1. The molecule has 1 aromatic carbocycles. The van der Waals surface area contributed by atoms with Crippen LogP contribution in [0.5, 0.6) is 5.75 Å². The number of nitrogens with zero attached hydrogens (tertiary/aromatic N) is 1. The molecule has 1 heterocycles. The first-order chi connectivity index (χ1) is 8.67. The van der Waals surface area contributed by atoms with Crippen molar-refractivity contribution >= 4 is 21.8 Å². The molecule has 1 amide bonds. The second kappa shape index (κ2) is 5.69. The molecule has 1 aliphatic rings.